The van der Waals surface area contributed by atoms with Crippen LogP contribution in [0, 0.1) is 0 Å². The van der Waals surface area contributed by atoms with Crippen LogP contribution in [0.15, 0.2) is 24.5 Å². The molecule has 2 N–H and O–H groups in total. The van der Waals surface area contributed by atoms with Crippen LogP contribution in [0.5, 0.6) is 0 Å². The van der Waals surface area contributed by atoms with Gasteiger partial charge in [0.15, 0.2) is 0 Å². The Morgan fingerprint density at radius 2 is 2.44 bits per heavy atom. The molecule has 0 amide bonds. The lowest BCUT2D eigenvalue weighted by molar-refractivity contribution is 0.277. The molecule has 1 aliphatic rings. The van der Waals surface area contributed by atoms with Gasteiger partial charge in [0.1, 0.15) is 5.65 Å². The summed E-state index contributed by atoms with van der Waals surface area (Å²) in [5.74, 6) is 0. The Hall–Kier alpha value is -1.55. The molecule has 0 aliphatic carbocycles. The van der Waals surface area contributed by atoms with E-state index in [-0.39, 0.29) is 0 Å². The number of hydrogen-bond acceptors (Lipinski definition) is 3. The second kappa shape index (κ2) is 4.98. The summed E-state index contributed by atoms with van der Waals surface area (Å²) in [4.78, 5) is 10.0. The predicted molar refractivity (Wildman–Crippen MR) is 74.9 cm³/mol. The van der Waals surface area contributed by atoms with Crippen molar-refractivity contribution in [2.45, 2.75) is 25.8 Å². The summed E-state index contributed by atoms with van der Waals surface area (Å²) in [6, 6.07) is 4.82. The molecule has 1 aliphatic heterocycles. The highest BCUT2D eigenvalue weighted by molar-refractivity contribution is 5.89. The van der Waals surface area contributed by atoms with E-state index in [1.165, 1.54) is 30.5 Å². The largest absolute Gasteiger partial charge is 0.383 e. The van der Waals surface area contributed by atoms with Crippen molar-refractivity contribution in [3.8, 4) is 0 Å². The van der Waals surface area contributed by atoms with E-state index in [0.29, 0.717) is 6.04 Å². The molecular weight excluding hydrogens is 224 g/mol. The highest BCUT2D eigenvalue weighted by Gasteiger charge is 2.22. The normalized spacial score (nSPS) is 20.6. The van der Waals surface area contributed by atoms with Crippen molar-refractivity contribution in [1.29, 1.82) is 0 Å². The lowest BCUT2D eigenvalue weighted by Gasteiger charge is -2.23. The van der Waals surface area contributed by atoms with Crippen molar-refractivity contribution in [2.24, 2.45) is 0 Å². The van der Waals surface area contributed by atoms with Gasteiger partial charge in [0.25, 0.3) is 0 Å². The van der Waals surface area contributed by atoms with Gasteiger partial charge in [0, 0.05) is 36.1 Å². The Morgan fingerprint density at radius 3 is 3.33 bits per heavy atom. The van der Waals surface area contributed by atoms with Crippen LogP contribution in [-0.4, -0.2) is 40.5 Å². The van der Waals surface area contributed by atoms with E-state index in [2.05, 4.69) is 39.2 Å². The van der Waals surface area contributed by atoms with E-state index in [9.17, 15) is 0 Å². The zero-order valence-electron chi connectivity index (χ0n) is 10.8. The number of anilines is 1. The molecule has 2 aromatic rings. The monoisotopic (exact) mass is 244 g/mol. The van der Waals surface area contributed by atoms with Crippen LogP contribution in [0.1, 0.15) is 19.8 Å². The first-order chi connectivity index (χ1) is 8.88. The summed E-state index contributed by atoms with van der Waals surface area (Å²) < 4.78 is 0. The molecule has 96 valence electrons. The van der Waals surface area contributed by atoms with Gasteiger partial charge in [-0.1, -0.05) is 6.92 Å². The Balaban J connectivity index is 1.71. The predicted octanol–water partition coefficient (Wildman–Crippen LogP) is 2.46. The maximum atomic E-state index is 4.31. The molecule has 0 bridgehead atoms. The Kier molecular flexibility index (Phi) is 3.19. The quantitative estimate of drug-likeness (QED) is 0.868. The fraction of sp³-hybridized carbons (Fsp3) is 0.500. The lowest BCUT2D eigenvalue weighted by Crippen LogP contribution is -2.34. The molecule has 0 saturated carbocycles. The minimum Gasteiger partial charge on any atom is -0.383 e. The lowest BCUT2D eigenvalue weighted by atomic mass is 10.2. The minimum absolute atomic E-state index is 0.678. The number of H-pyrrole nitrogens is 1. The third-order valence-corrected chi connectivity index (χ3v) is 3.89. The molecule has 0 spiro atoms. The number of aromatic nitrogens is 2. The molecule has 0 unspecified atom stereocenters. The summed E-state index contributed by atoms with van der Waals surface area (Å²) in [6.45, 7) is 5.67. The molecule has 0 radical (unpaired) electrons. The number of hydrogen-bond donors (Lipinski definition) is 2. The molecule has 18 heavy (non-hydrogen) atoms. The molecule has 4 heteroatoms. The first kappa shape index (κ1) is 11.5. The van der Waals surface area contributed by atoms with Gasteiger partial charge in [0.05, 0.1) is 0 Å². The molecule has 2 aromatic heterocycles. The number of rotatable bonds is 4. The molecule has 3 heterocycles. The van der Waals surface area contributed by atoms with Gasteiger partial charge in [-0.2, -0.15) is 0 Å². The highest BCUT2D eigenvalue weighted by Crippen LogP contribution is 2.22. The fourth-order valence-electron chi connectivity index (χ4n) is 2.89. The van der Waals surface area contributed by atoms with E-state index < -0.39 is 0 Å². The Morgan fingerprint density at radius 1 is 1.50 bits per heavy atom. The zero-order chi connectivity index (χ0) is 12.4. The van der Waals surface area contributed by atoms with Gasteiger partial charge in [-0.05, 0) is 38.1 Å². The topological polar surface area (TPSA) is 44.0 Å². The second-order valence-electron chi connectivity index (χ2n) is 4.90. The smallest absolute Gasteiger partial charge is 0.139 e. The van der Waals surface area contributed by atoms with Gasteiger partial charge in [-0.25, -0.2) is 4.98 Å². The second-order valence-corrected chi connectivity index (χ2v) is 4.90. The van der Waals surface area contributed by atoms with Gasteiger partial charge in [-0.3, -0.25) is 4.90 Å². The molecule has 1 fully saturated rings. The van der Waals surface area contributed by atoms with E-state index in [0.717, 1.165) is 18.7 Å². The number of nitrogens with zero attached hydrogens (tertiary/aromatic N) is 2. The van der Waals surface area contributed by atoms with Crippen LogP contribution in [0.2, 0.25) is 0 Å². The van der Waals surface area contributed by atoms with Crippen molar-refractivity contribution in [2.75, 3.05) is 25.0 Å². The number of likely N-dealkylation sites (N-methyl/N-ethyl adjacent to an activating group) is 1. The molecule has 0 aromatic carbocycles. The van der Waals surface area contributed by atoms with Crippen LogP contribution >= 0.6 is 0 Å². The summed E-state index contributed by atoms with van der Waals surface area (Å²) in [7, 11) is 0. The highest BCUT2D eigenvalue weighted by atomic mass is 15.2. The maximum Gasteiger partial charge on any atom is 0.139 e. The van der Waals surface area contributed by atoms with Crippen molar-refractivity contribution < 1.29 is 0 Å². The van der Waals surface area contributed by atoms with E-state index in [1.807, 2.05) is 12.4 Å². The molecule has 4 nitrogen and oxygen atoms in total. The average molecular weight is 244 g/mol. The van der Waals surface area contributed by atoms with Crippen LogP contribution in [-0.2, 0) is 0 Å². The number of nitrogens with one attached hydrogen (secondary N) is 2. The third kappa shape index (κ3) is 2.08. The Bertz CT molecular complexity index is 519. The molecule has 1 saturated heterocycles. The standard InChI is InChI=1S/C14H20N4/c1-2-18-9-3-4-11(18)10-17-13-6-8-16-14-12(13)5-7-15-14/h5-8,11H,2-4,9-10H2,1H3,(H2,15,16,17)/t11-/m0/s1. The van der Waals surface area contributed by atoms with E-state index in [4.69, 9.17) is 0 Å². The zero-order valence-corrected chi connectivity index (χ0v) is 10.8. The Labute approximate surface area is 107 Å². The summed E-state index contributed by atoms with van der Waals surface area (Å²) in [6.07, 6.45) is 6.43. The van der Waals surface area contributed by atoms with Crippen LogP contribution in [0.25, 0.3) is 11.0 Å². The van der Waals surface area contributed by atoms with Crippen LogP contribution < -0.4 is 5.32 Å². The van der Waals surface area contributed by atoms with E-state index in [1.54, 1.807) is 0 Å². The molecule has 3 rings (SSSR count). The maximum absolute atomic E-state index is 4.31. The van der Waals surface area contributed by atoms with Crippen LogP contribution in [0.4, 0.5) is 5.69 Å². The fourth-order valence-corrected chi connectivity index (χ4v) is 2.89. The SMILES string of the molecule is CCN1CCC[C@H]1CNc1ccnc2[nH]ccc12. The molecule has 1 atom stereocenters. The summed E-state index contributed by atoms with van der Waals surface area (Å²) >= 11 is 0. The van der Waals surface area contributed by atoms with Crippen molar-refractivity contribution >= 4 is 16.7 Å². The van der Waals surface area contributed by atoms with Crippen molar-refractivity contribution in [3.05, 3.63) is 24.5 Å². The van der Waals surface area contributed by atoms with Gasteiger partial charge >= 0.3 is 0 Å². The number of pyridine rings is 1. The van der Waals surface area contributed by atoms with Gasteiger partial charge in [-0.15, -0.1) is 0 Å². The van der Waals surface area contributed by atoms with Gasteiger partial charge in [0.2, 0.25) is 0 Å². The minimum atomic E-state index is 0.678. The third-order valence-electron chi connectivity index (χ3n) is 3.89. The number of fused-ring (bicyclic) bond motifs is 1. The van der Waals surface area contributed by atoms with E-state index >= 15 is 0 Å². The first-order valence-electron chi connectivity index (χ1n) is 6.78. The first-order valence-corrected chi connectivity index (χ1v) is 6.78. The summed E-state index contributed by atoms with van der Waals surface area (Å²) in [5, 5.41) is 4.76. The number of aromatic amines is 1. The number of likely N-dealkylation sites (tertiary alicyclic amines) is 1. The average Bonchev–Trinajstić information content (AvgIpc) is 3.04. The van der Waals surface area contributed by atoms with Crippen LogP contribution in [0.3, 0.4) is 0 Å². The summed E-state index contributed by atoms with van der Waals surface area (Å²) in [5.41, 5.74) is 2.14. The van der Waals surface area contributed by atoms with Crippen molar-refractivity contribution in [1.82, 2.24) is 14.9 Å². The molecular formula is C14H20N4. The van der Waals surface area contributed by atoms with Crippen molar-refractivity contribution in [3.63, 3.8) is 0 Å². The van der Waals surface area contributed by atoms with Gasteiger partial charge < -0.3 is 10.3 Å².